The van der Waals surface area contributed by atoms with Gasteiger partial charge in [0.2, 0.25) is 5.91 Å². The third-order valence-electron chi connectivity index (χ3n) is 3.40. The fraction of sp³-hybridized carbons (Fsp3) is 0.917. The number of hydrogen-bond donors (Lipinski definition) is 2. The van der Waals surface area contributed by atoms with Gasteiger partial charge in [-0.3, -0.25) is 4.79 Å². The molecule has 0 radical (unpaired) electrons. The Kier molecular flexibility index (Phi) is 6.47. The van der Waals surface area contributed by atoms with Gasteiger partial charge in [0.1, 0.15) is 0 Å². The molecular weight excluding hydrogens is 220 g/mol. The van der Waals surface area contributed by atoms with Gasteiger partial charge in [-0.15, -0.1) is 0 Å². The predicted molar refractivity (Wildman–Crippen MR) is 65.7 cm³/mol. The molecule has 0 heterocycles. The van der Waals surface area contributed by atoms with Crippen molar-refractivity contribution in [2.75, 3.05) is 40.0 Å². The van der Waals surface area contributed by atoms with E-state index >= 15 is 0 Å². The van der Waals surface area contributed by atoms with E-state index in [2.05, 4.69) is 5.32 Å². The van der Waals surface area contributed by atoms with Crippen LogP contribution in [-0.4, -0.2) is 45.9 Å². The number of nitrogens with one attached hydrogen (secondary N) is 1. The molecular formula is C12H24N2O3. The van der Waals surface area contributed by atoms with Crippen molar-refractivity contribution in [3.8, 4) is 0 Å². The van der Waals surface area contributed by atoms with E-state index in [1.807, 2.05) is 0 Å². The highest BCUT2D eigenvalue weighted by atomic mass is 16.5. The third kappa shape index (κ3) is 4.26. The summed E-state index contributed by atoms with van der Waals surface area (Å²) in [5.41, 5.74) is 5.42. The number of hydrogen-bond acceptors (Lipinski definition) is 4. The molecule has 0 bridgehead atoms. The summed E-state index contributed by atoms with van der Waals surface area (Å²) in [7, 11) is 1.64. The normalized spacial score (nSPS) is 18.2. The molecule has 1 amide bonds. The van der Waals surface area contributed by atoms with Gasteiger partial charge < -0.3 is 20.5 Å². The quantitative estimate of drug-likeness (QED) is 0.602. The highest BCUT2D eigenvalue weighted by Crippen LogP contribution is 2.37. The summed E-state index contributed by atoms with van der Waals surface area (Å²) in [5.74, 6) is 0.0906. The lowest BCUT2D eigenvalue weighted by molar-refractivity contribution is -0.130. The van der Waals surface area contributed by atoms with Crippen molar-refractivity contribution in [1.29, 1.82) is 0 Å². The highest BCUT2D eigenvalue weighted by molar-refractivity contribution is 5.83. The molecule has 17 heavy (non-hydrogen) atoms. The van der Waals surface area contributed by atoms with E-state index in [1.165, 1.54) is 0 Å². The molecule has 1 saturated carbocycles. The van der Waals surface area contributed by atoms with Gasteiger partial charge in [-0.2, -0.15) is 0 Å². The maximum Gasteiger partial charge on any atom is 0.227 e. The summed E-state index contributed by atoms with van der Waals surface area (Å²) in [6.45, 7) is 2.67. The monoisotopic (exact) mass is 244 g/mol. The Hall–Kier alpha value is -0.650. The molecule has 5 heteroatoms. The first-order valence-corrected chi connectivity index (χ1v) is 6.30. The molecule has 1 aliphatic carbocycles. The first-order chi connectivity index (χ1) is 8.25. The van der Waals surface area contributed by atoms with Crippen LogP contribution in [0.1, 0.15) is 25.7 Å². The summed E-state index contributed by atoms with van der Waals surface area (Å²) in [5, 5.41) is 2.91. The number of ether oxygens (including phenoxy) is 2. The van der Waals surface area contributed by atoms with Crippen molar-refractivity contribution in [3.05, 3.63) is 0 Å². The van der Waals surface area contributed by atoms with Crippen molar-refractivity contribution < 1.29 is 14.3 Å². The minimum absolute atomic E-state index is 0.0906. The van der Waals surface area contributed by atoms with E-state index < -0.39 is 0 Å². The summed E-state index contributed by atoms with van der Waals surface area (Å²) >= 11 is 0. The van der Waals surface area contributed by atoms with Gasteiger partial charge in [-0.25, -0.2) is 0 Å². The fourth-order valence-electron chi connectivity index (χ4n) is 2.24. The molecule has 1 aliphatic rings. The summed E-state index contributed by atoms with van der Waals surface area (Å²) < 4.78 is 10.1. The van der Waals surface area contributed by atoms with Gasteiger partial charge in [0.05, 0.1) is 25.2 Å². The molecule has 0 aromatic heterocycles. The third-order valence-corrected chi connectivity index (χ3v) is 3.40. The standard InChI is InChI=1S/C12H24N2O3/c1-16-8-9-17-7-6-14-11(15)12(10-13)4-2-3-5-12/h2-10,13H2,1H3,(H,14,15). The lowest BCUT2D eigenvalue weighted by Crippen LogP contribution is -2.45. The van der Waals surface area contributed by atoms with E-state index in [1.54, 1.807) is 7.11 Å². The van der Waals surface area contributed by atoms with Crippen LogP contribution in [0, 0.1) is 5.41 Å². The zero-order valence-corrected chi connectivity index (χ0v) is 10.7. The number of amides is 1. The van der Waals surface area contributed by atoms with Gasteiger partial charge >= 0.3 is 0 Å². The smallest absolute Gasteiger partial charge is 0.227 e. The Morgan fingerprint density at radius 2 is 2.00 bits per heavy atom. The van der Waals surface area contributed by atoms with Crippen LogP contribution < -0.4 is 11.1 Å². The molecule has 0 saturated heterocycles. The van der Waals surface area contributed by atoms with Crippen LogP contribution >= 0.6 is 0 Å². The molecule has 0 aromatic carbocycles. The van der Waals surface area contributed by atoms with E-state index in [4.69, 9.17) is 15.2 Å². The predicted octanol–water partition coefficient (Wildman–Crippen LogP) is 0.285. The second-order valence-corrected chi connectivity index (χ2v) is 4.55. The van der Waals surface area contributed by atoms with Crippen LogP contribution in [0.5, 0.6) is 0 Å². The Balaban J connectivity index is 2.15. The van der Waals surface area contributed by atoms with Gasteiger partial charge in [-0.05, 0) is 12.8 Å². The SMILES string of the molecule is COCCOCCNC(=O)C1(CN)CCCC1. The van der Waals surface area contributed by atoms with E-state index in [-0.39, 0.29) is 11.3 Å². The maximum atomic E-state index is 12.0. The van der Waals surface area contributed by atoms with Crippen LogP contribution in [0.15, 0.2) is 0 Å². The van der Waals surface area contributed by atoms with Crippen LogP contribution in [0.2, 0.25) is 0 Å². The molecule has 5 nitrogen and oxygen atoms in total. The van der Waals surface area contributed by atoms with Gasteiger partial charge in [0.15, 0.2) is 0 Å². The minimum Gasteiger partial charge on any atom is -0.382 e. The van der Waals surface area contributed by atoms with Crippen LogP contribution in [0.3, 0.4) is 0 Å². The molecule has 1 fully saturated rings. The van der Waals surface area contributed by atoms with Crippen molar-refractivity contribution in [3.63, 3.8) is 0 Å². The van der Waals surface area contributed by atoms with Crippen molar-refractivity contribution in [2.24, 2.45) is 11.1 Å². The Labute approximate surface area is 103 Å². The Morgan fingerprint density at radius 3 is 2.59 bits per heavy atom. The average molecular weight is 244 g/mol. The fourth-order valence-corrected chi connectivity index (χ4v) is 2.24. The first kappa shape index (κ1) is 14.4. The van der Waals surface area contributed by atoms with E-state index in [0.29, 0.717) is 32.9 Å². The number of nitrogens with two attached hydrogens (primary N) is 1. The summed E-state index contributed by atoms with van der Waals surface area (Å²) in [6.07, 6.45) is 4.05. The molecule has 0 aliphatic heterocycles. The lowest BCUT2D eigenvalue weighted by Gasteiger charge is -2.25. The number of rotatable bonds is 8. The zero-order chi connectivity index (χ0) is 12.6. The zero-order valence-electron chi connectivity index (χ0n) is 10.7. The van der Waals surface area contributed by atoms with Crippen molar-refractivity contribution in [2.45, 2.75) is 25.7 Å². The van der Waals surface area contributed by atoms with Gasteiger partial charge in [-0.1, -0.05) is 12.8 Å². The average Bonchev–Trinajstić information content (AvgIpc) is 2.83. The molecule has 0 unspecified atom stereocenters. The summed E-state index contributed by atoms with van der Waals surface area (Å²) in [6, 6.07) is 0. The second-order valence-electron chi connectivity index (χ2n) is 4.55. The molecule has 0 atom stereocenters. The Bertz CT molecular complexity index is 228. The van der Waals surface area contributed by atoms with Crippen molar-refractivity contribution in [1.82, 2.24) is 5.32 Å². The molecule has 0 aromatic rings. The lowest BCUT2D eigenvalue weighted by atomic mass is 9.85. The van der Waals surface area contributed by atoms with E-state index in [0.717, 1.165) is 25.7 Å². The van der Waals surface area contributed by atoms with Crippen LogP contribution in [-0.2, 0) is 14.3 Å². The van der Waals surface area contributed by atoms with Gasteiger partial charge in [0.25, 0.3) is 0 Å². The molecule has 1 rings (SSSR count). The summed E-state index contributed by atoms with van der Waals surface area (Å²) in [4.78, 5) is 12.0. The molecule has 100 valence electrons. The number of methoxy groups -OCH3 is 1. The largest absolute Gasteiger partial charge is 0.382 e. The minimum atomic E-state index is -0.313. The maximum absolute atomic E-state index is 12.0. The highest BCUT2D eigenvalue weighted by Gasteiger charge is 2.39. The number of carbonyl (C=O) groups excluding carboxylic acids is 1. The first-order valence-electron chi connectivity index (χ1n) is 6.30. The van der Waals surface area contributed by atoms with Crippen molar-refractivity contribution >= 4 is 5.91 Å². The van der Waals surface area contributed by atoms with E-state index in [9.17, 15) is 4.79 Å². The van der Waals surface area contributed by atoms with Crippen LogP contribution in [0.25, 0.3) is 0 Å². The number of carbonyl (C=O) groups is 1. The molecule has 0 spiro atoms. The topological polar surface area (TPSA) is 73.6 Å². The second kappa shape index (κ2) is 7.63. The van der Waals surface area contributed by atoms with Crippen LogP contribution in [0.4, 0.5) is 0 Å². The molecule has 3 N–H and O–H groups in total. The van der Waals surface area contributed by atoms with Gasteiger partial charge in [0, 0.05) is 20.2 Å². The Morgan fingerprint density at radius 1 is 1.29 bits per heavy atom.